The molecular weight excluding hydrogens is 374 g/mol. The molecule has 160 valence electrons. The van der Waals surface area contributed by atoms with Crippen molar-refractivity contribution in [2.24, 2.45) is 0 Å². The number of carbonyl (C=O) groups excluding carboxylic acids is 2. The highest BCUT2D eigenvalue weighted by Gasteiger charge is 2.24. The molecule has 0 saturated carbocycles. The molecule has 2 aliphatic rings. The smallest absolute Gasteiger partial charge is 0.309 e. The molecule has 0 unspecified atom stereocenters. The fraction of sp³-hybridized carbons (Fsp3) is 0.650. The van der Waals surface area contributed by atoms with Crippen LogP contribution in [-0.2, 0) is 19.1 Å². The standard InChI is InChI=1S/C20H31N5O4/c26-19(22-5-2-6-24-7-11-28-12-8-24)20(27)23-16-18(17-3-1-4-21-15-17)25-9-13-29-14-10-25/h1,3-4,15,18H,2,5-14,16H2,(H,22,26)(H,23,27)/t18-/m0/s1. The van der Waals surface area contributed by atoms with Gasteiger partial charge >= 0.3 is 11.8 Å². The minimum Gasteiger partial charge on any atom is -0.379 e. The van der Waals surface area contributed by atoms with E-state index in [0.29, 0.717) is 26.3 Å². The van der Waals surface area contributed by atoms with Crippen LogP contribution in [0.15, 0.2) is 24.5 Å². The van der Waals surface area contributed by atoms with Gasteiger partial charge in [0.25, 0.3) is 0 Å². The van der Waals surface area contributed by atoms with E-state index in [1.165, 1.54) is 0 Å². The van der Waals surface area contributed by atoms with E-state index in [-0.39, 0.29) is 6.04 Å². The Bertz CT molecular complexity index is 633. The lowest BCUT2D eigenvalue weighted by Gasteiger charge is -2.34. The van der Waals surface area contributed by atoms with E-state index in [1.807, 2.05) is 12.1 Å². The Labute approximate surface area is 171 Å². The number of amides is 2. The summed E-state index contributed by atoms with van der Waals surface area (Å²) in [5.74, 6) is -1.18. The fourth-order valence-corrected chi connectivity index (χ4v) is 3.60. The average Bonchev–Trinajstić information content (AvgIpc) is 2.79. The maximum Gasteiger partial charge on any atom is 0.309 e. The van der Waals surface area contributed by atoms with Crippen LogP contribution in [0.4, 0.5) is 0 Å². The SMILES string of the molecule is O=C(NCCCN1CCOCC1)C(=O)NC[C@@H](c1cccnc1)N1CCOCC1. The topological polar surface area (TPSA) is 96.0 Å². The Morgan fingerprint density at radius 2 is 1.72 bits per heavy atom. The zero-order valence-electron chi connectivity index (χ0n) is 16.8. The quantitative estimate of drug-likeness (QED) is 0.441. The first-order valence-electron chi connectivity index (χ1n) is 10.3. The third kappa shape index (κ3) is 7.04. The van der Waals surface area contributed by atoms with Gasteiger partial charge in [0.2, 0.25) is 0 Å². The summed E-state index contributed by atoms with van der Waals surface area (Å²) in [7, 11) is 0. The number of rotatable bonds is 8. The molecule has 0 bridgehead atoms. The van der Waals surface area contributed by atoms with Gasteiger partial charge in [-0.25, -0.2) is 0 Å². The van der Waals surface area contributed by atoms with Gasteiger partial charge in [-0.3, -0.25) is 24.4 Å². The van der Waals surface area contributed by atoms with Crippen molar-refractivity contribution in [2.75, 3.05) is 72.2 Å². The second-order valence-corrected chi connectivity index (χ2v) is 7.22. The molecule has 0 spiro atoms. The van der Waals surface area contributed by atoms with Crippen molar-refractivity contribution in [3.05, 3.63) is 30.1 Å². The summed E-state index contributed by atoms with van der Waals surface area (Å²) >= 11 is 0. The molecule has 2 aliphatic heterocycles. The number of hydrogen-bond donors (Lipinski definition) is 2. The van der Waals surface area contributed by atoms with Crippen LogP contribution in [0.5, 0.6) is 0 Å². The highest BCUT2D eigenvalue weighted by atomic mass is 16.5. The first kappa shape index (κ1) is 21.6. The predicted molar refractivity (Wildman–Crippen MR) is 107 cm³/mol. The summed E-state index contributed by atoms with van der Waals surface area (Å²) in [6, 6.07) is 3.84. The summed E-state index contributed by atoms with van der Waals surface area (Å²) in [6.45, 7) is 7.98. The van der Waals surface area contributed by atoms with E-state index in [1.54, 1.807) is 12.4 Å². The Hall–Kier alpha value is -2.07. The largest absolute Gasteiger partial charge is 0.379 e. The van der Waals surface area contributed by atoms with Crippen LogP contribution < -0.4 is 10.6 Å². The molecule has 2 fully saturated rings. The fourth-order valence-electron chi connectivity index (χ4n) is 3.60. The summed E-state index contributed by atoms with van der Waals surface area (Å²) in [5, 5.41) is 5.49. The zero-order valence-corrected chi connectivity index (χ0v) is 16.8. The number of carbonyl (C=O) groups is 2. The minimum absolute atomic E-state index is 0.0364. The van der Waals surface area contributed by atoms with Crippen molar-refractivity contribution in [1.82, 2.24) is 25.4 Å². The van der Waals surface area contributed by atoms with E-state index < -0.39 is 11.8 Å². The summed E-state index contributed by atoms with van der Waals surface area (Å²) in [5.41, 5.74) is 1.01. The second kappa shape index (κ2) is 11.8. The maximum atomic E-state index is 12.2. The van der Waals surface area contributed by atoms with Gasteiger partial charge in [-0.1, -0.05) is 6.07 Å². The molecule has 0 radical (unpaired) electrons. The third-order valence-electron chi connectivity index (χ3n) is 5.26. The molecule has 1 aromatic heterocycles. The van der Waals surface area contributed by atoms with Crippen molar-refractivity contribution in [3.63, 3.8) is 0 Å². The number of hydrogen-bond acceptors (Lipinski definition) is 7. The van der Waals surface area contributed by atoms with Crippen LogP contribution in [0, 0.1) is 0 Å². The highest BCUT2D eigenvalue weighted by Crippen LogP contribution is 2.20. The molecule has 9 nitrogen and oxygen atoms in total. The monoisotopic (exact) mass is 405 g/mol. The van der Waals surface area contributed by atoms with Crippen LogP contribution in [0.25, 0.3) is 0 Å². The van der Waals surface area contributed by atoms with Crippen LogP contribution in [0.3, 0.4) is 0 Å². The number of nitrogens with one attached hydrogen (secondary N) is 2. The van der Waals surface area contributed by atoms with Crippen molar-refractivity contribution in [2.45, 2.75) is 12.5 Å². The Morgan fingerprint density at radius 1 is 1.03 bits per heavy atom. The molecule has 1 atom stereocenters. The first-order chi connectivity index (χ1) is 14.2. The summed E-state index contributed by atoms with van der Waals surface area (Å²) in [4.78, 5) is 33.1. The molecule has 9 heteroatoms. The second-order valence-electron chi connectivity index (χ2n) is 7.22. The van der Waals surface area contributed by atoms with E-state index in [2.05, 4.69) is 25.4 Å². The van der Waals surface area contributed by atoms with Gasteiger partial charge in [-0.2, -0.15) is 0 Å². The molecule has 3 rings (SSSR count). The normalized spacial score (nSPS) is 19.4. The van der Waals surface area contributed by atoms with Gasteiger partial charge < -0.3 is 20.1 Å². The van der Waals surface area contributed by atoms with Crippen molar-refractivity contribution >= 4 is 11.8 Å². The van der Waals surface area contributed by atoms with Crippen LogP contribution in [0.2, 0.25) is 0 Å². The number of morpholine rings is 2. The predicted octanol–water partition coefficient (Wildman–Crippen LogP) is -0.590. The first-order valence-corrected chi connectivity index (χ1v) is 10.3. The lowest BCUT2D eigenvalue weighted by atomic mass is 10.1. The number of pyridine rings is 1. The number of nitrogens with zero attached hydrogens (tertiary/aromatic N) is 3. The molecule has 2 amide bonds. The molecule has 2 N–H and O–H groups in total. The van der Waals surface area contributed by atoms with Gasteiger partial charge in [0.05, 0.1) is 32.5 Å². The Balaban J connectivity index is 1.42. The third-order valence-corrected chi connectivity index (χ3v) is 5.26. The van der Waals surface area contributed by atoms with Crippen molar-refractivity contribution in [1.29, 1.82) is 0 Å². The average molecular weight is 405 g/mol. The van der Waals surface area contributed by atoms with E-state index >= 15 is 0 Å². The van der Waals surface area contributed by atoms with Gasteiger partial charge in [-0.15, -0.1) is 0 Å². The lowest BCUT2D eigenvalue weighted by molar-refractivity contribution is -0.139. The number of aromatic nitrogens is 1. The van der Waals surface area contributed by atoms with E-state index in [0.717, 1.165) is 57.9 Å². The Morgan fingerprint density at radius 3 is 2.41 bits per heavy atom. The highest BCUT2D eigenvalue weighted by molar-refractivity contribution is 6.35. The maximum absolute atomic E-state index is 12.2. The van der Waals surface area contributed by atoms with E-state index in [4.69, 9.17) is 9.47 Å². The van der Waals surface area contributed by atoms with Crippen LogP contribution >= 0.6 is 0 Å². The van der Waals surface area contributed by atoms with Gasteiger partial charge in [0.1, 0.15) is 0 Å². The van der Waals surface area contributed by atoms with Crippen LogP contribution in [-0.4, -0.2) is 98.8 Å². The molecular formula is C20H31N5O4. The van der Waals surface area contributed by atoms with E-state index in [9.17, 15) is 9.59 Å². The molecule has 3 heterocycles. The van der Waals surface area contributed by atoms with Crippen molar-refractivity contribution < 1.29 is 19.1 Å². The molecule has 1 aromatic rings. The van der Waals surface area contributed by atoms with Gasteiger partial charge in [-0.05, 0) is 24.6 Å². The van der Waals surface area contributed by atoms with Crippen LogP contribution in [0.1, 0.15) is 18.0 Å². The molecule has 29 heavy (non-hydrogen) atoms. The van der Waals surface area contributed by atoms with Gasteiger partial charge in [0, 0.05) is 51.7 Å². The number of ether oxygens (including phenoxy) is 2. The Kier molecular flexibility index (Phi) is 8.82. The minimum atomic E-state index is -0.599. The summed E-state index contributed by atoms with van der Waals surface area (Å²) < 4.78 is 10.7. The zero-order chi connectivity index (χ0) is 20.3. The van der Waals surface area contributed by atoms with Crippen molar-refractivity contribution in [3.8, 4) is 0 Å². The van der Waals surface area contributed by atoms with Gasteiger partial charge in [0.15, 0.2) is 0 Å². The molecule has 0 aromatic carbocycles. The lowest BCUT2D eigenvalue weighted by Crippen LogP contribution is -2.47. The molecule has 2 saturated heterocycles. The summed E-state index contributed by atoms with van der Waals surface area (Å²) in [6.07, 6.45) is 4.34. The molecule has 0 aliphatic carbocycles.